The van der Waals surface area contributed by atoms with Crippen LogP contribution in [-0.4, -0.2) is 27.2 Å². The van der Waals surface area contributed by atoms with Gasteiger partial charge in [-0.25, -0.2) is 0 Å². The Morgan fingerprint density at radius 3 is 2.92 bits per heavy atom. The monoisotopic (exact) mass is 354 g/mol. The number of hydrogen-bond acceptors (Lipinski definition) is 4. The second-order valence-electron chi connectivity index (χ2n) is 5.97. The standard InChI is InChI=1S/C16H17F3N4O2/c1-8-5-11-13(9(2)25-8)22-23-14(11)15(24)21-7-10-6-20-4-3-12(10)16(17,18)19/h3-4,6,8-9H,5,7H2,1-2H3,(H,21,24)(H,22,23)/t8-,9+/m1/s1. The molecular formula is C16H17F3N4O2. The molecule has 25 heavy (non-hydrogen) atoms. The number of nitrogens with zero attached hydrogens (tertiary/aromatic N) is 2. The Labute approximate surface area is 141 Å². The minimum atomic E-state index is -4.50. The van der Waals surface area contributed by atoms with Gasteiger partial charge in [-0.1, -0.05) is 0 Å². The Balaban J connectivity index is 1.77. The van der Waals surface area contributed by atoms with Crippen LogP contribution in [0.15, 0.2) is 18.5 Å². The number of hydrogen-bond donors (Lipinski definition) is 2. The molecule has 0 saturated heterocycles. The van der Waals surface area contributed by atoms with Crippen LogP contribution in [0.4, 0.5) is 13.2 Å². The van der Waals surface area contributed by atoms with Crippen LogP contribution in [0.2, 0.25) is 0 Å². The predicted molar refractivity (Wildman–Crippen MR) is 81.7 cm³/mol. The molecule has 0 radical (unpaired) electrons. The first-order valence-electron chi connectivity index (χ1n) is 7.78. The van der Waals surface area contributed by atoms with E-state index in [9.17, 15) is 18.0 Å². The smallest absolute Gasteiger partial charge is 0.369 e. The third-order valence-electron chi connectivity index (χ3n) is 4.10. The maximum Gasteiger partial charge on any atom is 0.416 e. The quantitative estimate of drug-likeness (QED) is 0.888. The van der Waals surface area contributed by atoms with Gasteiger partial charge in [0.15, 0.2) is 5.69 Å². The molecule has 1 aliphatic rings. The first-order valence-corrected chi connectivity index (χ1v) is 7.78. The van der Waals surface area contributed by atoms with Crippen molar-refractivity contribution in [3.8, 4) is 0 Å². The fourth-order valence-corrected chi connectivity index (χ4v) is 2.97. The maximum absolute atomic E-state index is 13.0. The summed E-state index contributed by atoms with van der Waals surface area (Å²) in [6.07, 6.45) is -2.11. The lowest BCUT2D eigenvalue weighted by molar-refractivity contribution is -0.138. The third kappa shape index (κ3) is 3.51. The largest absolute Gasteiger partial charge is 0.416 e. The van der Waals surface area contributed by atoms with Crippen molar-refractivity contribution in [3.63, 3.8) is 0 Å². The molecule has 134 valence electrons. The van der Waals surface area contributed by atoms with Crippen molar-refractivity contribution in [2.75, 3.05) is 0 Å². The van der Waals surface area contributed by atoms with Gasteiger partial charge in [0, 0.05) is 36.5 Å². The van der Waals surface area contributed by atoms with Crippen LogP contribution < -0.4 is 5.32 Å². The molecule has 2 N–H and O–H groups in total. The third-order valence-corrected chi connectivity index (χ3v) is 4.10. The van der Waals surface area contributed by atoms with Crippen molar-refractivity contribution in [3.05, 3.63) is 46.5 Å². The Bertz CT molecular complexity index is 788. The summed E-state index contributed by atoms with van der Waals surface area (Å²) in [5.41, 5.74) is 0.737. The minimum absolute atomic E-state index is 0.0678. The topological polar surface area (TPSA) is 79.9 Å². The summed E-state index contributed by atoms with van der Waals surface area (Å²) < 4.78 is 44.6. The number of pyridine rings is 1. The van der Waals surface area contributed by atoms with Crippen molar-refractivity contribution in [1.29, 1.82) is 0 Å². The number of H-pyrrole nitrogens is 1. The maximum atomic E-state index is 13.0. The van der Waals surface area contributed by atoms with E-state index in [1.807, 2.05) is 13.8 Å². The average molecular weight is 354 g/mol. The molecule has 0 saturated carbocycles. The van der Waals surface area contributed by atoms with Gasteiger partial charge in [0.25, 0.3) is 5.91 Å². The first kappa shape index (κ1) is 17.4. The number of alkyl halides is 3. The zero-order valence-corrected chi connectivity index (χ0v) is 13.6. The van der Waals surface area contributed by atoms with Crippen molar-refractivity contribution in [1.82, 2.24) is 20.5 Å². The lowest BCUT2D eigenvalue weighted by atomic mass is 9.99. The summed E-state index contributed by atoms with van der Waals surface area (Å²) in [5.74, 6) is -0.532. The summed E-state index contributed by atoms with van der Waals surface area (Å²) in [5, 5.41) is 9.29. The number of rotatable bonds is 3. The van der Waals surface area contributed by atoms with E-state index >= 15 is 0 Å². The number of fused-ring (bicyclic) bond motifs is 1. The molecule has 1 amide bonds. The average Bonchev–Trinajstić information content (AvgIpc) is 2.96. The second-order valence-corrected chi connectivity index (χ2v) is 5.97. The van der Waals surface area contributed by atoms with E-state index in [0.717, 1.165) is 29.7 Å². The fraction of sp³-hybridized carbons (Fsp3) is 0.438. The van der Waals surface area contributed by atoms with Gasteiger partial charge in [-0.3, -0.25) is 14.9 Å². The molecule has 6 nitrogen and oxygen atoms in total. The number of aromatic nitrogens is 3. The molecule has 0 bridgehead atoms. The van der Waals surface area contributed by atoms with Gasteiger partial charge in [0.2, 0.25) is 0 Å². The molecule has 9 heteroatoms. The van der Waals surface area contributed by atoms with E-state index < -0.39 is 17.6 Å². The zero-order chi connectivity index (χ0) is 18.2. The fourth-order valence-electron chi connectivity index (χ4n) is 2.97. The zero-order valence-electron chi connectivity index (χ0n) is 13.6. The predicted octanol–water partition coefficient (Wildman–Crippen LogP) is 2.78. The molecule has 0 spiro atoms. The molecule has 3 rings (SSSR count). The minimum Gasteiger partial charge on any atom is -0.369 e. The Kier molecular flexibility index (Phi) is 4.51. The van der Waals surface area contributed by atoms with Crippen molar-refractivity contribution < 1.29 is 22.7 Å². The summed E-state index contributed by atoms with van der Waals surface area (Å²) in [4.78, 5) is 16.1. The molecule has 2 aromatic heterocycles. The van der Waals surface area contributed by atoms with E-state index in [0.29, 0.717) is 6.42 Å². The highest BCUT2D eigenvalue weighted by Gasteiger charge is 2.34. The molecule has 0 fully saturated rings. The first-order chi connectivity index (χ1) is 11.8. The van der Waals surface area contributed by atoms with Crippen LogP contribution in [-0.2, 0) is 23.9 Å². The highest BCUT2D eigenvalue weighted by atomic mass is 19.4. The highest BCUT2D eigenvalue weighted by molar-refractivity contribution is 5.94. The molecule has 1 aliphatic heterocycles. The molecule has 0 aliphatic carbocycles. The number of carbonyl (C=O) groups excluding carboxylic acids is 1. The van der Waals surface area contributed by atoms with Gasteiger partial charge in [-0.05, 0) is 19.9 Å². The van der Waals surface area contributed by atoms with Gasteiger partial charge in [0.1, 0.15) is 0 Å². The summed E-state index contributed by atoms with van der Waals surface area (Å²) in [6, 6.07) is 0.887. The lowest BCUT2D eigenvalue weighted by Crippen LogP contribution is -2.28. The lowest BCUT2D eigenvalue weighted by Gasteiger charge is -2.25. The summed E-state index contributed by atoms with van der Waals surface area (Å²) >= 11 is 0. The van der Waals surface area contributed by atoms with Crippen LogP contribution in [0.5, 0.6) is 0 Å². The molecule has 0 aromatic carbocycles. The molecule has 2 atom stereocenters. The van der Waals surface area contributed by atoms with E-state index in [4.69, 9.17) is 4.74 Å². The molecule has 3 heterocycles. The van der Waals surface area contributed by atoms with Crippen LogP contribution in [0.25, 0.3) is 0 Å². The van der Waals surface area contributed by atoms with Gasteiger partial charge in [0.05, 0.1) is 23.5 Å². The van der Waals surface area contributed by atoms with Gasteiger partial charge in [-0.2, -0.15) is 18.3 Å². The molecule has 0 unspecified atom stereocenters. The number of aromatic amines is 1. The van der Waals surface area contributed by atoms with Crippen molar-refractivity contribution in [2.24, 2.45) is 0 Å². The Morgan fingerprint density at radius 1 is 1.44 bits per heavy atom. The second kappa shape index (κ2) is 6.47. The normalized spacial score (nSPS) is 20.2. The van der Waals surface area contributed by atoms with Crippen LogP contribution in [0.3, 0.4) is 0 Å². The van der Waals surface area contributed by atoms with E-state index in [2.05, 4.69) is 20.5 Å². The summed E-state index contributed by atoms with van der Waals surface area (Å²) in [7, 11) is 0. The number of halogens is 3. The van der Waals surface area contributed by atoms with Gasteiger partial charge in [-0.15, -0.1) is 0 Å². The number of nitrogens with one attached hydrogen (secondary N) is 2. The highest BCUT2D eigenvalue weighted by Crippen LogP contribution is 2.32. The SMILES string of the molecule is C[C@@H]1Cc2c(C(=O)NCc3cnccc3C(F)(F)F)n[nH]c2[C@H](C)O1. The number of ether oxygens (including phenoxy) is 1. The van der Waals surface area contributed by atoms with E-state index in [1.54, 1.807) is 0 Å². The van der Waals surface area contributed by atoms with Crippen molar-refractivity contribution >= 4 is 5.91 Å². The van der Waals surface area contributed by atoms with Gasteiger partial charge >= 0.3 is 6.18 Å². The van der Waals surface area contributed by atoms with Gasteiger partial charge < -0.3 is 10.1 Å². The Morgan fingerprint density at radius 2 is 2.20 bits per heavy atom. The van der Waals surface area contributed by atoms with E-state index in [-0.39, 0.29) is 30.0 Å². The van der Waals surface area contributed by atoms with Crippen LogP contribution in [0.1, 0.15) is 52.8 Å². The summed E-state index contributed by atoms with van der Waals surface area (Å²) in [6.45, 7) is 3.45. The van der Waals surface area contributed by atoms with Crippen molar-refractivity contribution in [2.45, 2.75) is 45.2 Å². The van der Waals surface area contributed by atoms with E-state index in [1.165, 1.54) is 0 Å². The molecule has 2 aromatic rings. The molecular weight excluding hydrogens is 337 g/mol. The van der Waals surface area contributed by atoms with Crippen LogP contribution in [0, 0.1) is 0 Å². The number of amides is 1. The van der Waals surface area contributed by atoms with Crippen LogP contribution >= 0.6 is 0 Å². The Hall–Kier alpha value is -2.42. The number of carbonyl (C=O) groups is 1.